The van der Waals surface area contributed by atoms with E-state index in [-0.39, 0.29) is 5.56 Å². The molecule has 1 aliphatic rings. The van der Waals surface area contributed by atoms with Gasteiger partial charge in [-0.15, -0.1) is 0 Å². The van der Waals surface area contributed by atoms with Gasteiger partial charge in [-0.1, -0.05) is 6.92 Å². The number of nitrogens with one attached hydrogen (secondary N) is 3. The Balaban J connectivity index is 1.87. The zero-order valence-electron chi connectivity index (χ0n) is 11.5. The van der Waals surface area contributed by atoms with Crippen LogP contribution in [0.15, 0.2) is 29.1 Å². The van der Waals surface area contributed by atoms with Gasteiger partial charge in [-0.2, -0.15) is 0 Å². The summed E-state index contributed by atoms with van der Waals surface area (Å²) < 4.78 is 0. The lowest BCUT2D eigenvalue weighted by molar-refractivity contribution is 0.830. The highest BCUT2D eigenvalue weighted by molar-refractivity contribution is 5.64. The summed E-state index contributed by atoms with van der Waals surface area (Å²) in [5.41, 5.74) is 3.35. The van der Waals surface area contributed by atoms with Crippen LogP contribution >= 0.6 is 0 Å². The van der Waals surface area contributed by atoms with Gasteiger partial charge in [-0.25, -0.2) is 4.98 Å². The van der Waals surface area contributed by atoms with Crippen LogP contribution in [0.3, 0.4) is 0 Å². The summed E-state index contributed by atoms with van der Waals surface area (Å²) in [7, 11) is 0. The SMILES string of the molecule is CCc1nc(Nc2ccc3c(c2)CCCN3)cc(=O)[nH]1. The monoisotopic (exact) mass is 270 g/mol. The molecule has 0 aliphatic carbocycles. The number of nitrogens with zero attached hydrogens (tertiary/aromatic N) is 1. The predicted molar refractivity (Wildman–Crippen MR) is 80.8 cm³/mol. The fourth-order valence-electron chi connectivity index (χ4n) is 2.44. The molecule has 0 spiro atoms. The summed E-state index contributed by atoms with van der Waals surface area (Å²) in [5.74, 6) is 1.29. The molecule has 1 aliphatic heterocycles. The largest absolute Gasteiger partial charge is 0.385 e. The Morgan fingerprint density at radius 2 is 2.25 bits per heavy atom. The second-order valence-corrected chi connectivity index (χ2v) is 4.96. The van der Waals surface area contributed by atoms with Crippen molar-refractivity contribution in [3.8, 4) is 0 Å². The van der Waals surface area contributed by atoms with Crippen LogP contribution in [0.25, 0.3) is 0 Å². The highest BCUT2D eigenvalue weighted by Crippen LogP contribution is 2.26. The van der Waals surface area contributed by atoms with Gasteiger partial charge < -0.3 is 15.6 Å². The summed E-state index contributed by atoms with van der Waals surface area (Å²) in [6.07, 6.45) is 2.94. The number of benzene rings is 1. The van der Waals surface area contributed by atoms with E-state index in [4.69, 9.17) is 0 Å². The Labute approximate surface area is 117 Å². The third kappa shape index (κ3) is 2.66. The smallest absolute Gasteiger partial charge is 0.252 e. The van der Waals surface area contributed by atoms with Crippen LogP contribution in [0.1, 0.15) is 24.7 Å². The van der Waals surface area contributed by atoms with Crippen LogP contribution in [-0.2, 0) is 12.8 Å². The number of fused-ring (bicyclic) bond motifs is 1. The van der Waals surface area contributed by atoms with Gasteiger partial charge in [0.2, 0.25) is 0 Å². The van der Waals surface area contributed by atoms with E-state index in [0.29, 0.717) is 18.1 Å². The molecular formula is C15H18N4O. The van der Waals surface area contributed by atoms with Gasteiger partial charge in [-0.3, -0.25) is 4.79 Å². The second kappa shape index (κ2) is 5.36. The predicted octanol–water partition coefficient (Wildman–Crippen LogP) is 2.43. The zero-order valence-corrected chi connectivity index (χ0v) is 11.5. The molecule has 2 aromatic rings. The van der Waals surface area contributed by atoms with E-state index >= 15 is 0 Å². The number of hydrogen-bond acceptors (Lipinski definition) is 4. The Kier molecular flexibility index (Phi) is 3.41. The molecule has 2 heterocycles. The zero-order chi connectivity index (χ0) is 13.9. The lowest BCUT2D eigenvalue weighted by Gasteiger charge is -2.19. The third-order valence-corrected chi connectivity index (χ3v) is 3.44. The summed E-state index contributed by atoms with van der Waals surface area (Å²) in [4.78, 5) is 18.6. The molecule has 1 aromatic heterocycles. The number of aromatic nitrogens is 2. The number of H-pyrrole nitrogens is 1. The van der Waals surface area contributed by atoms with E-state index in [0.717, 1.165) is 25.1 Å². The molecular weight excluding hydrogens is 252 g/mol. The van der Waals surface area contributed by atoms with Crippen molar-refractivity contribution >= 4 is 17.2 Å². The van der Waals surface area contributed by atoms with Gasteiger partial charge >= 0.3 is 0 Å². The summed E-state index contributed by atoms with van der Waals surface area (Å²) in [5, 5.41) is 6.59. The van der Waals surface area contributed by atoms with Gasteiger partial charge in [0.25, 0.3) is 5.56 Å². The van der Waals surface area contributed by atoms with E-state index < -0.39 is 0 Å². The van der Waals surface area contributed by atoms with Crippen molar-refractivity contribution in [3.05, 3.63) is 46.0 Å². The van der Waals surface area contributed by atoms with E-state index in [1.807, 2.05) is 13.0 Å². The van der Waals surface area contributed by atoms with Gasteiger partial charge in [-0.05, 0) is 36.6 Å². The van der Waals surface area contributed by atoms with E-state index in [1.165, 1.54) is 17.3 Å². The van der Waals surface area contributed by atoms with Crippen molar-refractivity contribution in [1.82, 2.24) is 9.97 Å². The summed E-state index contributed by atoms with van der Waals surface area (Å²) in [6.45, 7) is 3.00. The number of anilines is 3. The maximum absolute atomic E-state index is 11.5. The van der Waals surface area contributed by atoms with Crippen LogP contribution in [0.4, 0.5) is 17.2 Å². The Morgan fingerprint density at radius 1 is 1.35 bits per heavy atom. The normalized spacial score (nSPS) is 13.4. The van der Waals surface area contributed by atoms with Crippen LogP contribution < -0.4 is 16.2 Å². The average Bonchev–Trinajstić information content (AvgIpc) is 2.46. The highest BCUT2D eigenvalue weighted by Gasteiger charge is 2.09. The first-order valence-corrected chi connectivity index (χ1v) is 6.98. The fourth-order valence-corrected chi connectivity index (χ4v) is 2.44. The van der Waals surface area contributed by atoms with Crippen LogP contribution in [-0.4, -0.2) is 16.5 Å². The molecule has 20 heavy (non-hydrogen) atoms. The number of rotatable bonds is 3. The molecule has 0 radical (unpaired) electrons. The lowest BCUT2D eigenvalue weighted by Crippen LogP contribution is -2.13. The minimum atomic E-state index is -0.126. The molecule has 1 aromatic carbocycles. The highest BCUT2D eigenvalue weighted by atomic mass is 16.1. The van der Waals surface area contributed by atoms with Crippen molar-refractivity contribution in [1.29, 1.82) is 0 Å². The first kappa shape index (κ1) is 12.7. The quantitative estimate of drug-likeness (QED) is 0.801. The van der Waals surface area contributed by atoms with E-state index in [2.05, 4.69) is 32.7 Å². The van der Waals surface area contributed by atoms with Crippen LogP contribution in [0.2, 0.25) is 0 Å². The molecule has 0 atom stereocenters. The maximum atomic E-state index is 11.5. The summed E-state index contributed by atoms with van der Waals surface area (Å²) in [6, 6.07) is 7.68. The first-order valence-electron chi connectivity index (χ1n) is 6.98. The molecule has 0 bridgehead atoms. The first-order chi connectivity index (χ1) is 9.74. The van der Waals surface area contributed by atoms with E-state index in [9.17, 15) is 4.79 Å². The van der Waals surface area contributed by atoms with Crippen LogP contribution in [0, 0.1) is 0 Å². The minimum absolute atomic E-state index is 0.126. The van der Waals surface area contributed by atoms with Gasteiger partial charge in [0.15, 0.2) is 0 Å². The number of aromatic amines is 1. The number of aryl methyl sites for hydroxylation is 2. The molecule has 5 nitrogen and oxygen atoms in total. The minimum Gasteiger partial charge on any atom is -0.385 e. The van der Waals surface area contributed by atoms with Crippen molar-refractivity contribution in [2.75, 3.05) is 17.2 Å². The molecule has 0 saturated heterocycles. The van der Waals surface area contributed by atoms with Gasteiger partial charge in [0, 0.05) is 30.4 Å². The van der Waals surface area contributed by atoms with Gasteiger partial charge in [0.1, 0.15) is 11.6 Å². The molecule has 0 unspecified atom stereocenters. The lowest BCUT2D eigenvalue weighted by atomic mass is 10.0. The van der Waals surface area contributed by atoms with Crippen LogP contribution in [0.5, 0.6) is 0 Å². The van der Waals surface area contributed by atoms with Crippen molar-refractivity contribution in [2.24, 2.45) is 0 Å². The maximum Gasteiger partial charge on any atom is 0.252 e. The standard InChI is InChI=1S/C15H18N4O/c1-2-13-18-14(9-15(20)19-13)17-11-5-6-12-10(8-11)4-3-7-16-12/h5-6,8-9,16H,2-4,7H2,1H3,(H2,17,18,19,20). The summed E-state index contributed by atoms with van der Waals surface area (Å²) >= 11 is 0. The second-order valence-electron chi connectivity index (χ2n) is 4.96. The third-order valence-electron chi connectivity index (χ3n) is 3.44. The van der Waals surface area contributed by atoms with Crippen molar-refractivity contribution in [3.63, 3.8) is 0 Å². The molecule has 5 heteroatoms. The van der Waals surface area contributed by atoms with Crippen molar-refractivity contribution in [2.45, 2.75) is 26.2 Å². The van der Waals surface area contributed by atoms with Gasteiger partial charge in [0.05, 0.1) is 0 Å². The average molecular weight is 270 g/mol. The Morgan fingerprint density at radius 3 is 3.10 bits per heavy atom. The molecule has 0 saturated carbocycles. The number of hydrogen-bond donors (Lipinski definition) is 3. The topological polar surface area (TPSA) is 69.8 Å². The molecule has 3 N–H and O–H groups in total. The molecule has 3 rings (SSSR count). The Bertz CT molecular complexity index is 678. The fraction of sp³-hybridized carbons (Fsp3) is 0.333. The molecule has 104 valence electrons. The molecule has 0 amide bonds. The molecule has 0 fully saturated rings. The van der Waals surface area contributed by atoms with Crippen molar-refractivity contribution < 1.29 is 0 Å². The van der Waals surface area contributed by atoms with E-state index in [1.54, 1.807) is 0 Å². The Hall–Kier alpha value is -2.30.